The van der Waals surface area contributed by atoms with Crippen LogP contribution < -0.4 is 5.32 Å². The fourth-order valence-electron chi connectivity index (χ4n) is 5.35. The van der Waals surface area contributed by atoms with Crippen LogP contribution >= 0.6 is 0 Å². The lowest BCUT2D eigenvalue weighted by atomic mass is 9.68. The summed E-state index contributed by atoms with van der Waals surface area (Å²) in [5.41, 5.74) is 4.29. The third-order valence-corrected chi connectivity index (χ3v) is 6.83. The molecule has 1 spiro atoms. The van der Waals surface area contributed by atoms with Crippen LogP contribution in [0.2, 0.25) is 0 Å². The van der Waals surface area contributed by atoms with Crippen molar-refractivity contribution in [2.75, 3.05) is 19.7 Å². The maximum absolute atomic E-state index is 6.35. The van der Waals surface area contributed by atoms with Gasteiger partial charge in [-0.2, -0.15) is 0 Å². The van der Waals surface area contributed by atoms with E-state index in [1.54, 1.807) is 0 Å². The highest BCUT2D eigenvalue weighted by molar-refractivity contribution is 5.23. The van der Waals surface area contributed by atoms with Crippen molar-refractivity contribution in [3.8, 4) is 0 Å². The van der Waals surface area contributed by atoms with Crippen LogP contribution in [0.5, 0.6) is 0 Å². The monoisotopic (exact) mass is 378 g/mol. The van der Waals surface area contributed by atoms with E-state index in [9.17, 15) is 0 Å². The molecule has 0 bridgehead atoms. The van der Waals surface area contributed by atoms with Crippen molar-refractivity contribution in [2.24, 2.45) is 0 Å². The quantitative estimate of drug-likeness (QED) is 0.691. The Morgan fingerprint density at radius 1 is 1.04 bits per heavy atom. The van der Waals surface area contributed by atoms with Crippen LogP contribution in [0, 0.1) is 6.92 Å². The first-order valence-electron chi connectivity index (χ1n) is 11.0. The lowest BCUT2D eigenvalue weighted by Gasteiger charge is -2.46. The summed E-state index contributed by atoms with van der Waals surface area (Å²) >= 11 is 0. The molecular formula is C25H34N2O. The van der Waals surface area contributed by atoms with Gasteiger partial charge in [0.2, 0.25) is 0 Å². The van der Waals surface area contributed by atoms with Gasteiger partial charge in [0.1, 0.15) is 0 Å². The molecule has 1 atom stereocenters. The average molecular weight is 379 g/mol. The first-order valence-corrected chi connectivity index (χ1v) is 11.0. The maximum atomic E-state index is 6.35. The summed E-state index contributed by atoms with van der Waals surface area (Å²) in [6, 6.07) is 15.3. The Bertz CT molecular complexity index is 754. The van der Waals surface area contributed by atoms with Gasteiger partial charge in [-0.15, -0.1) is 0 Å². The molecule has 0 radical (unpaired) electrons. The molecule has 150 valence electrons. The molecular weight excluding hydrogens is 344 g/mol. The fourth-order valence-corrected chi connectivity index (χ4v) is 5.35. The van der Waals surface area contributed by atoms with Crippen molar-refractivity contribution in [1.29, 1.82) is 0 Å². The second-order valence-electron chi connectivity index (χ2n) is 8.90. The molecule has 1 aliphatic heterocycles. The molecule has 3 heteroatoms. The van der Waals surface area contributed by atoms with E-state index in [1.165, 1.54) is 42.5 Å². The fraction of sp³-hybridized carbons (Fsp3) is 0.560. The lowest BCUT2D eigenvalue weighted by Crippen LogP contribution is -2.47. The maximum Gasteiger partial charge on any atom is 0.0691 e. The van der Waals surface area contributed by atoms with Gasteiger partial charge in [0.25, 0.3) is 0 Å². The van der Waals surface area contributed by atoms with Gasteiger partial charge in [-0.25, -0.2) is 0 Å². The summed E-state index contributed by atoms with van der Waals surface area (Å²) in [5, 5.41) is 3.71. The third-order valence-electron chi connectivity index (χ3n) is 6.83. The summed E-state index contributed by atoms with van der Waals surface area (Å²) < 4.78 is 6.35. The number of ether oxygens (including phenoxy) is 1. The van der Waals surface area contributed by atoms with Gasteiger partial charge in [-0.3, -0.25) is 4.98 Å². The number of nitrogens with zero attached hydrogens (tertiary/aromatic N) is 1. The highest BCUT2D eigenvalue weighted by Crippen LogP contribution is 2.49. The molecule has 2 fully saturated rings. The van der Waals surface area contributed by atoms with Crippen LogP contribution in [0.1, 0.15) is 61.8 Å². The molecule has 28 heavy (non-hydrogen) atoms. The highest BCUT2D eigenvalue weighted by Gasteiger charge is 2.48. The topological polar surface area (TPSA) is 34.2 Å². The Morgan fingerprint density at radius 3 is 2.71 bits per heavy atom. The predicted molar refractivity (Wildman–Crippen MR) is 115 cm³/mol. The number of rotatable bonds is 7. The Labute approximate surface area is 169 Å². The number of hydrogen-bond acceptors (Lipinski definition) is 3. The molecule has 1 saturated carbocycles. The highest BCUT2D eigenvalue weighted by atomic mass is 16.5. The van der Waals surface area contributed by atoms with E-state index in [1.807, 2.05) is 12.3 Å². The normalized spacial score (nSPS) is 23.9. The zero-order chi connectivity index (χ0) is 19.3. The van der Waals surface area contributed by atoms with Crippen LogP contribution in [0.15, 0.2) is 48.7 Å². The van der Waals surface area contributed by atoms with Crippen molar-refractivity contribution >= 4 is 0 Å². The van der Waals surface area contributed by atoms with Crippen molar-refractivity contribution in [3.63, 3.8) is 0 Å². The smallest absolute Gasteiger partial charge is 0.0691 e. The van der Waals surface area contributed by atoms with E-state index in [2.05, 4.69) is 48.6 Å². The molecule has 1 aromatic heterocycles. The first kappa shape index (κ1) is 19.6. The number of aryl methyl sites for hydroxylation is 1. The molecule has 1 aromatic carbocycles. The largest absolute Gasteiger partial charge is 0.375 e. The average Bonchev–Trinajstić information content (AvgIpc) is 3.16. The molecule has 2 aliphatic rings. The van der Waals surface area contributed by atoms with Crippen LogP contribution in [-0.4, -0.2) is 30.3 Å². The molecule has 1 N–H and O–H groups in total. The van der Waals surface area contributed by atoms with Gasteiger partial charge >= 0.3 is 0 Å². The summed E-state index contributed by atoms with van der Waals surface area (Å²) in [6.45, 7) is 5.11. The zero-order valence-corrected chi connectivity index (χ0v) is 17.3. The standard InChI is InChI=1S/C25H34N2O/c1-21-7-6-8-22(19-21)10-16-26-17-13-24(23-9-2-5-15-27-23)14-18-28-25(20-24)11-3-4-12-25/h2,5-9,15,19,26H,3-4,10-14,16-18,20H2,1H3/t24-/m1/s1. The van der Waals surface area contributed by atoms with E-state index in [0.29, 0.717) is 0 Å². The van der Waals surface area contributed by atoms with Gasteiger partial charge in [0, 0.05) is 23.9 Å². The minimum Gasteiger partial charge on any atom is -0.375 e. The number of nitrogens with one attached hydrogen (secondary N) is 1. The van der Waals surface area contributed by atoms with Crippen molar-refractivity contribution in [1.82, 2.24) is 10.3 Å². The second-order valence-corrected chi connectivity index (χ2v) is 8.90. The van der Waals surface area contributed by atoms with Gasteiger partial charge < -0.3 is 10.1 Å². The van der Waals surface area contributed by atoms with E-state index >= 15 is 0 Å². The molecule has 0 amide bonds. The van der Waals surface area contributed by atoms with Crippen molar-refractivity contribution < 1.29 is 4.74 Å². The van der Waals surface area contributed by atoms with Gasteiger partial charge in [-0.1, -0.05) is 48.7 Å². The Kier molecular flexibility index (Phi) is 6.13. The minimum absolute atomic E-state index is 0.108. The van der Waals surface area contributed by atoms with E-state index < -0.39 is 0 Å². The first-order chi connectivity index (χ1) is 13.7. The molecule has 2 heterocycles. The summed E-state index contributed by atoms with van der Waals surface area (Å²) in [7, 11) is 0. The summed E-state index contributed by atoms with van der Waals surface area (Å²) in [5.74, 6) is 0. The van der Waals surface area contributed by atoms with E-state index in [4.69, 9.17) is 9.72 Å². The third kappa shape index (κ3) is 4.47. The van der Waals surface area contributed by atoms with Gasteiger partial charge in [-0.05, 0) is 76.2 Å². The van der Waals surface area contributed by atoms with Gasteiger partial charge in [0.05, 0.1) is 5.60 Å². The van der Waals surface area contributed by atoms with Crippen molar-refractivity contribution in [2.45, 2.75) is 69.3 Å². The molecule has 3 nitrogen and oxygen atoms in total. The van der Waals surface area contributed by atoms with E-state index in [-0.39, 0.29) is 11.0 Å². The number of benzene rings is 1. The lowest BCUT2D eigenvalue weighted by molar-refractivity contribution is -0.104. The second kappa shape index (κ2) is 8.75. The number of pyridine rings is 1. The Hall–Kier alpha value is -1.71. The Morgan fingerprint density at radius 2 is 1.93 bits per heavy atom. The Balaban J connectivity index is 1.39. The van der Waals surface area contributed by atoms with Crippen LogP contribution in [0.3, 0.4) is 0 Å². The zero-order valence-electron chi connectivity index (χ0n) is 17.3. The molecule has 4 rings (SSSR count). The number of aromatic nitrogens is 1. The SMILES string of the molecule is Cc1cccc(CCNCC[C@@]2(c3ccccn3)CCOC3(CCCC3)C2)c1. The van der Waals surface area contributed by atoms with Crippen molar-refractivity contribution in [3.05, 3.63) is 65.5 Å². The minimum atomic E-state index is 0.108. The summed E-state index contributed by atoms with van der Waals surface area (Å²) in [6.07, 6.45) is 11.5. The predicted octanol–water partition coefficient (Wildman–Crippen LogP) is 4.97. The van der Waals surface area contributed by atoms with Crippen LogP contribution in [-0.2, 0) is 16.6 Å². The van der Waals surface area contributed by atoms with E-state index in [0.717, 1.165) is 45.4 Å². The molecule has 1 aliphatic carbocycles. The van der Waals surface area contributed by atoms with Crippen LogP contribution in [0.25, 0.3) is 0 Å². The number of hydrogen-bond donors (Lipinski definition) is 1. The molecule has 0 unspecified atom stereocenters. The molecule has 2 aromatic rings. The summed E-state index contributed by atoms with van der Waals surface area (Å²) in [4.78, 5) is 4.80. The van der Waals surface area contributed by atoms with Gasteiger partial charge in [0.15, 0.2) is 0 Å². The molecule has 1 saturated heterocycles. The van der Waals surface area contributed by atoms with Crippen LogP contribution in [0.4, 0.5) is 0 Å².